The third-order valence-corrected chi connectivity index (χ3v) is 7.61. The molecule has 0 amide bonds. The van der Waals surface area contributed by atoms with Crippen molar-refractivity contribution in [3.63, 3.8) is 0 Å². The van der Waals surface area contributed by atoms with E-state index in [2.05, 4.69) is 5.10 Å². The molecule has 198 valence electrons. The number of aromatic nitrogens is 2. The first-order chi connectivity index (χ1) is 17.0. The summed E-state index contributed by atoms with van der Waals surface area (Å²) in [5, 5.41) is 11.2. The molecular formula is C19H10Cl2F6N4O4S2. The maximum absolute atomic E-state index is 13.4. The van der Waals surface area contributed by atoms with Gasteiger partial charge in [-0.3, -0.25) is 4.72 Å². The first-order valence-corrected chi connectivity index (χ1v) is 12.7. The largest absolute Gasteiger partial charge is 0.497 e. The summed E-state index contributed by atoms with van der Waals surface area (Å²) in [6.07, 6.45) is -4.92. The minimum Gasteiger partial charge on any atom is -0.497 e. The van der Waals surface area contributed by atoms with Crippen LogP contribution in [-0.2, 0) is 27.0 Å². The van der Waals surface area contributed by atoms with Crippen LogP contribution < -0.4 is 9.46 Å². The number of anilines is 1. The van der Waals surface area contributed by atoms with Crippen LogP contribution in [0.3, 0.4) is 0 Å². The van der Waals surface area contributed by atoms with Gasteiger partial charge in [-0.05, 0) is 36.4 Å². The number of sulfonamides is 1. The Kier molecular flexibility index (Phi) is 7.76. The molecular weight excluding hydrogens is 597 g/mol. The van der Waals surface area contributed by atoms with Crippen molar-refractivity contribution < 1.29 is 43.7 Å². The molecule has 0 spiro atoms. The SMILES string of the molecule is COc1ccc(S(=O)(=O)Nc2c(S(=O)C(F)(F)F)c(C#N)nn2-c2c(Cl)cc(C(F)(F)F)cc2Cl)cc1. The van der Waals surface area contributed by atoms with Crippen molar-refractivity contribution in [3.8, 4) is 17.5 Å². The lowest BCUT2D eigenvalue weighted by atomic mass is 10.2. The zero-order valence-corrected chi connectivity index (χ0v) is 20.9. The van der Waals surface area contributed by atoms with Crippen molar-refractivity contribution in [3.05, 3.63) is 57.7 Å². The number of ether oxygens (including phenoxy) is 1. The molecule has 3 aromatic rings. The molecule has 1 heterocycles. The summed E-state index contributed by atoms with van der Waals surface area (Å²) in [5.74, 6) is -0.954. The lowest BCUT2D eigenvalue weighted by Crippen LogP contribution is -2.21. The highest BCUT2D eigenvalue weighted by Gasteiger charge is 2.44. The molecule has 0 bridgehead atoms. The van der Waals surface area contributed by atoms with E-state index >= 15 is 0 Å². The van der Waals surface area contributed by atoms with Crippen LogP contribution in [0, 0.1) is 11.3 Å². The number of halogens is 8. The third kappa shape index (κ3) is 5.79. The number of alkyl halides is 6. The summed E-state index contributed by atoms with van der Waals surface area (Å²) < 4.78 is 125. The molecule has 8 nitrogen and oxygen atoms in total. The third-order valence-electron chi connectivity index (χ3n) is 4.50. The van der Waals surface area contributed by atoms with Crippen molar-refractivity contribution in [1.82, 2.24) is 9.78 Å². The second-order valence-corrected chi connectivity index (χ2v) is 10.7. The fourth-order valence-electron chi connectivity index (χ4n) is 2.89. The summed E-state index contributed by atoms with van der Waals surface area (Å²) >= 11 is 11.9. The Morgan fingerprint density at radius 3 is 2.05 bits per heavy atom. The van der Waals surface area contributed by atoms with Gasteiger partial charge in [0.25, 0.3) is 10.0 Å². The van der Waals surface area contributed by atoms with Crippen molar-refractivity contribution >= 4 is 49.8 Å². The van der Waals surface area contributed by atoms with Gasteiger partial charge in [0.05, 0.1) is 27.6 Å². The minimum atomic E-state index is -5.49. The zero-order valence-electron chi connectivity index (χ0n) is 17.8. The molecule has 1 unspecified atom stereocenters. The summed E-state index contributed by atoms with van der Waals surface area (Å²) in [6, 6.07) is 6.44. The molecule has 18 heteroatoms. The Morgan fingerprint density at radius 1 is 1.08 bits per heavy atom. The van der Waals surface area contributed by atoms with Gasteiger partial charge in [-0.15, -0.1) is 0 Å². The van der Waals surface area contributed by atoms with Crippen LogP contribution in [0.1, 0.15) is 11.3 Å². The topological polar surface area (TPSA) is 114 Å². The summed E-state index contributed by atoms with van der Waals surface area (Å²) in [4.78, 5) is -1.92. The predicted molar refractivity (Wildman–Crippen MR) is 120 cm³/mol. The van der Waals surface area contributed by atoms with Gasteiger partial charge in [-0.25, -0.2) is 17.3 Å². The van der Waals surface area contributed by atoms with Crippen LogP contribution in [-0.4, -0.2) is 35.0 Å². The number of nitriles is 1. The van der Waals surface area contributed by atoms with E-state index in [0.29, 0.717) is 12.1 Å². The van der Waals surface area contributed by atoms with E-state index in [9.17, 15) is 44.2 Å². The van der Waals surface area contributed by atoms with Gasteiger partial charge in [0.2, 0.25) is 0 Å². The first-order valence-electron chi connectivity index (χ1n) is 9.26. The molecule has 0 radical (unpaired) electrons. The van der Waals surface area contributed by atoms with E-state index in [4.69, 9.17) is 27.9 Å². The number of hydrogen-bond donors (Lipinski definition) is 1. The van der Waals surface area contributed by atoms with Crippen molar-refractivity contribution in [2.45, 2.75) is 21.5 Å². The average Bonchev–Trinajstić information content (AvgIpc) is 3.13. The average molecular weight is 607 g/mol. The second kappa shape index (κ2) is 10.0. The summed E-state index contributed by atoms with van der Waals surface area (Å²) in [7, 11) is -7.50. The number of rotatable bonds is 6. The van der Waals surface area contributed by atoms with E-state index in [1.54, 1.807) is 4.72 Å². The molecule has 0 fully saturated rings. The van der Waals surface area contributed by atoms with E-state index < -0.39 is 75.1 Å². The maximum atomic E-state index is 13.4. The molecule has 1 atom stereocenters. The van der Waals surface area contributed by atoms with Gasteiger partial charge in [0.15, 0.2) is 22.3 Å². The molecule has 0 aliphatic rings. The summed E-state index contributed by atoms with van der Waals surface area (Å²) in [6.45, 7) is 0. The van der Waals surface area contributed by atoms with E-state index in [0.717, 1.165) is 12.1 Å². The highest BCUT2D eigenvalue weighted by Crippen LogP contribution is 2.41. The van der Waals surface area contributed by atoms with Gasteiger partial charge in [-0.2, -0.15) is 36.7 Å². The van der Waals surface area contributed by atoms with Gasteiger partial charge in [0, 0.05) is 0 Å². The van der Waals surface area contributed by atoms with E-state index in [1.807, 2.05) is 0 Å². The lowest BCUT2D eigenvalue weighted by Gasteiger charge is -2.16. The minimum absolute atomic E-state index is 0.234. The van der Waals surface area contributed by atoms with Crippen LogP contribution in [0.15, 0.2) is 46.2 Å². The molecule has 0 aliphatic carbocycles. The summed E-state index contributed by atoms with van der Waals surface area (Å²) in [5.41, 5.74) is -8.70. The Balaban J connectivity index is 2.33. The van der Waals surface area contributed by atoms with Gasteiger partial charge in [-0.1, -0.05) is 23.2 Å². The molecule has 1 N–H and O–H groups in total. The maximum Gasteiger partial charge on any atom is 0.476 e. The zero-order chi connectivity index (χ0) is 27.9. The van der Waals surface area contributed by atoms with Crippen molar-refractivity contribution in [1.29, 1.82) is 5.26 Å². The van der Waals surface area contributed by atoms with E-state index in [1.165, 1.54) is 25.3 Å². The lowest BCUT2D eigenvalue weighted by molar-refractivity contribution is -0.137. The molecule has 0 saturated carbocycles. The van der Waals surface area contributed by atoms with E-state index in [-0.39, 0.29) is 10.4 Å². The number of benzene rings is 2. The van der Waals surface area contributed by atoms with Gasteiger partial charge < -0.3 is 4.74 Å². The highest BCUT2D eigenvalue weighted by atomic mass is 35.5. The predicted octanol–water partition coefficient (Wildman–Crippen LogP) is 5.51. The molecule has 37 heavy (non-hydrogen) atoms. The quantitative estimate of drug-likeness (QED) is 0.370. The molecule has 1 aromatic heterocycles. The number of nitrogens with zero attached hydrogens (tertiary/aromatic N) is 3. The monoisotopic (exact) mass is 606 g/mol. The van der Waals surface area contributed by atoms with Crippen LogP contribution in [0.25, 0.3) is 5.69 Å². The molecule has 2 aromatic carbocycles. The van der Waals surface area contributed by atoms with Crippen LogP contribution in [0.4, 0.5) is 32.2 Å². The fourth-order valence-corrected chi connectivity index (χ4v) is 5.47. The number of methoxy groups -OCH3 is 1. The van der Waals surface area contributed by atoms with Crippen molar-refractivity contribution in [2.24, 2.45) is 0 Å². The number of nitrogens with one attached hydrogen (secondary N) is 1. The Labute approximate surface area is 216 Å². The fraction of sp³-hybridized carbons (Fsp3) is 0.158. The first kappa shape index (κ1) is 28.6. The molecule has 3 rings (SSSR count). The standard InChI is InChI=1S/C19H10Cl2F6N4O4S2/c1-35-10-2-4-11(5-3-10)37(33,34)30-17-16(36(32)19(25,26)27)14(8-28)29-31(17)15-12(20)6-9(7-13(15)21)18(22,23)24/h2-7,30H,1H3. The Hall–Kier alpha value is -3.00. The number of hydrogen-bond acceptors (Lipinski definition) is 6. The molecule has 0 saturated heterocycles. The molecule has 0 aliphatic heterocycles. The van der Waals surface area contributed by atoms with Gasteiger partial charge in [0.1, 0.15) is 22.4 Å². The van der Waals surface area contributed by atoms with Crippen LogP contribution >= 0.6 is 23.2 Å². The van der Waals surface area contributed by atoms with Crippen molar-refractivity contribution in [2.75, 3.05) is 11.8 Å². The van der Waals surface area contributed by atoms with Crippen LogP contribution in [0.2, 0.25) is 10.0 Å². The Morgan fingerprint density at radius 2 is 1.62 bits per heavy atom. The second-order valence-electron chi connectivity index (χ2n) is 6.83. The normalized spacial score (nSPS) is 13.2. The Bertz CT molecular complexity index is 1510. The highest BCUT2D eigenvalue weighted by molar-refractivity contribution is 7.93. The smallest absolute Gasteiger partial charge is 0.476 e. The van der Waals surface area contributed by atoms with Crippen LogP contribution in [0.5, 0.6) is 5.75 Å². The van der Waals surface area contributed by atoms with Gasteiger partial charge >= 0.3 is 11.7 Å².